The molecule has 1 amide bonds. The van der Waals surface area contributed by atoms with E-state index in [9.17, 15) is 14.4 Å². The van der Waals surface area contributed by atoms with E-state index in [1.807, 2.05) is 24.3 Å². The maximum Gasteiger partial charge on any atom is 0.266 e. The molecular formula is C23H17FN2O3. The first-order valence-electron chi connectivity index (χ1n) is 8.69. The standard InChI is InChI=1S/C23H17FN2O3/c1-28-21-12-11-16(14-19(21)24)13-17(15-25)23(27)26-20-9-5-6-10-22(20)29-18-7-3-2-4-8-18/h2-14H,1H3,(H,26,27)/b17-13+. The fraction of sp³-hybridized carbons (Fsp3) is 0.0435. The van der Waals surface area contributed by atoms with Crippen molar-refractivity contribution in [2.45, 2.75) is 0 Å². The van der Waals surface area contributed by atoms with Crippen LogP contribution in [0.1, 0.15) is 5.56 Å². The van der Waals surface area contributed by atoms with Gasteiger partial charge in [-0.15, -0.1) is 0 Å². The van der Waals surface area contributed by atoms with Crippen molar-refractivity contribution in [1.29, 1.82) is 5.26 Å². The molecule has 0 spiro atoms. The highest BCUT2D eigenvalue weighted by molar-refractivity contribution is 6.10. The van der Waals surface area contributed by atoms with Crippen LogP contribution in [0.15, 0.2) is 78.4 Å². The van der Waals surface area contributed by atoms with Crippen molar-refractivity contribution in [1.82, 2.24) is 0 Å². The van der Waals surface area contributed by atoms with Gasteiger partial charge in [0.1, 0.15) is 17.4 Å². The lowest BCUT2D eigenvalue weighted by Crippen LogP contribution is -2.14. The van der Waals surface area contributed by atoms with Gasteiger partial charge in [-0.3, -0.25) is 4.79 Å². The van der Waals surface area contributed by atoms with Crippen LogP contribution in [-0.4, -0.2) is 13.0 Å². The van der Waals surface area contributed by atoms with Gasteiger partial charge in [-0.1, -0.05) is 36.4 Å². The van der Waals surface area contributed by atoms with Crippen LogP contribution in [0.25, 0.3) is 6.08 Å². The molecule has 0 saturated carbocycles. The van der Waals surface area contributed by atoms with Gasteiger partial charge in [-0.2, -0.15) is 5.26 Å². The van der Waals surface area contributed by atoms with Gasteiger partial charge in [0.25, 0.3) is 5.91 Å². The van der Waals surface area contributed by atoms with E-state index in [1.54, 1.807) is 42.5 Å². The highest BCUT2D eigenvalue weighted by atomic mass is 19.1. The van der Waals surface area contributed by atoms with E-state index in [2.05, 4.69) is 5.32 Å². The number of amides is 1. The molecule has 3 aromatic rings. The predicted molar refractivity (Wildman–Crippen MR) is 108 cm³/mol. The van der Waals surface area contributed by atoms with Crippen molar-refractivity contribution in [3.63, 3.8) is 0 Å². The van der Waals surface area contributed by atoms with Crippen LogP contribution in [-0.2, 0) is 4.79 Å². The molecule has 0 aliphatic carbocycles. The Hall–Kier alpha value is -4.11. The average molecular weight is 388 g/mol. The molecule has 0 atom stereocenters. The number of hydrogen-bond donors (Lipinski definition) is 1. The summed E-state index contributed by atoms with van der Waals surface area (Å²) in [6, 6.07) is 22.0. The topological polar surface area (TPSA) is 71.3 Å². The summed E-state index contributed by atoms with van der Waals surface area (Å²) in [4.78, 5) is 12.6. The molecule has 3 rings (SSSR count). The number of carbonyl (C=O) groups excluding carboxylic acids is 1. The molecule has 3 aromatic carbocycles. The zero-order valence-corrected chi connectivity index (χ0v) is 15.6. The number of hydrogen-bond acceptors (Lipinski definition) is 4. The zero-order chi connectivity index (χ0) is 20.6. The summed E-state index contributed by atoms with van der Waals surface area (Å²) in [5.41, 5.74) is 0.594. The Morgan fingerprint density at radius 2 is 1.76 bits per heavy atom. The van der Waals surface area contributed by atoms with E-state index < -0.39 is 11.7 Å². The molecule has 0 unspecified atom stereocenters. The minimum absolute atomic E-state index is 0.0806. The highest BCUT2D eigenvalue weighted by Gasteiger charge is 2.13. The third kappa shape index (κ3) is 4.99. The van der Waals surface area contributed by atoms with Gasteiger partial charge in [-0.25, -0.2) is 4.39 Å². The number of nitrogens with one attached hydrogen (secondary N) is 1. The number of methoxy groups -OCH3 is 1. The van der Waals surface area contributed by atoms with Crippen molar-refractivity contribution in [3.05, 3.63) is 89.8 Å². The summed E-state index contributed by atoms with van der Waals surface area (Å²) < 4.78 is 24.5. The lowest BCUT2D eigenvalue weighted by molar-refractivity contribution is -0.112. The van der Waals surface area contributed by atoms with Gasteiger partial charge >= 0.3 is 0 Å². The van der Waals surface area contributed by atoms with E-state index in [4.69, 9.17) is 9.47 Å². The number of para-hydroxylation sites is 3. The van der Waals surface area contributed by atoms with Gasteiger partial charge in [0.15, 0.2) is 17.3 Å². The summed E-state index contributed by atoms with van der Waals surface area (Å²) in [6.07, 6.45) is 1.30. The second kappa shape index (κ2) is 9.20. The first-order chi connectivity index (χ1) is 14.1. The second-order valence-corrected chi connectivity index (χ2v) is 5.93. The van der Waals surface area contributed by atoms with E-state index in [0.29, 0.717) is 22.7 Å². The van der Waals surface area contributed by atoms with Crippen LogP contribution in [0.5, 0.6) is 17.2 Å². The molecule has 0 aliphatic rings. The number of nitrogens with zero attached hydrogens (tertiary/aromatic N) is 1. The number of anilines is 1. The molecule has 6 heteroatoms. The molecule has 0 radical (unpaired) electrons. The summed E-state index contributed by atoms with van der Waals surface area (Å²) in [7, 11) is 1.36. The van der Waals surface area contributed by atoms with Gasteiger partial charge < -0.3 is 14.8 Å². The Morgan fingerprint density at radius 1 is 1.03 bits per heavy atom. The Morgan fingerprint density at radius 3 is 2.45 bits per heavy atom. The molecule has 144 valence electrons. The van der Waals surface area contributed by atoms with Crippen LogP contribution < -0.4 is 14.8 Å². The molecular weight excluding hydrogens is 371 g/mol. The Kier molecular flexibility index (Phi) is 6.23. The predicted octanol–water partition coefficient (Wildman–Crippen LogP) is 5.17. The van der Waals surface area contributed by atoms with Crippen molar-refractivity contribution >= 4 is 17.7 Å². The van der Waals surface area contributed by atoms with Gasteiger partial charge in [0.05, 0.1) is 12.8 Å². The summed E-state index contributed by atoms with van der Waals surface area (Å²) in [6.45, 7) is 0. The second-order valence-electron chi connectivity index (χ2n) is 5.93. The first-order valence-corrected chi connectivity index (χ1v) is 8.69. The fourth-order valence-electron chi connectivity index (χ4n) is 2.55. The molecule has 0 heterocycles. The molecule has 5 nitrogen and oxygen atoms in total. The van der Waals surface area contributed by atoms with E-state index in [1.165, 1.54) is 25.3 Å². The monoisotopic (exact) mass is 388 g/mol. The van der Waals surface area contributed by atoms with Crippen LogP contribution >= 0.6 is 0 Å². The Bertz CT molecular complexity index is 1090. The molecule has 0 fully saturated rings. The number of rotatable bonds is 6. The van der Waals surface area contributed by atoms with Crippen LogP contribution in [0.4, 0.5) is 10.1 Å². The SMILES string of the molecule is COc1ccc(/C=C(\C#N)C(=O)Nc2ccccc2Oc2ccccc2)cc1F. The van der Waals surface area contributed by atoms with Gasteiger partial charge in [-0.05, 0) is 48.0 Å². The lowest BCUT2D eigenvalue weighted by atomic mass is 10.1. The molecule has 1 N–H and O–H groups in total. The number of nitriles is 1. The van der Waals surface area contributed by atoms with Crippen molar-refractivity contribution in [2.24, 2.45) is 0 Å². The average Bonchev–Trinajstić information content (AvgIpc) is 2.74. The number of ether oxygens (including phenoxy) is 2. The fourth-order valence-corrected chi connectivity index (χ4v) is 2.55. The summed E-state index contributed by atoms with van der Waals surface area (Å²) >= 11 is 0. The van der Waals surface area contributed by atoms with Crippen molar-refractivity contribution in [3.8, 4) is 23.3 Å². The van der Waals surface area contributed by atoms with Crippen LogP contribution in [0, 0.1) is 17.1 Å². The maximum absolute atomic E-state index is 13.9. The molecule has 29 heavy (non-hydrogen) atoms. The minimum atomic E-state index is -0.632. The van der Waals surface area contributed by atoms with Crippen molar-refractivity contribution in [2.75, 3.05) is 12.4 Å². The number of halogens is 1. The minimum Gasteiger partial charge on any atom is -0.494 e. The largest absolute Gasteiger partial charge is 0.494 e. The quantitative estimate of drug-likeness (QED) is 0.467. The Labute approximate surface area is 167 Å². The van der Waals surface area contributed by atoms with E-state index in [0.717, 1.165) is 0 Å². The third-order valence-corrected chi connectivity index (χ3v) is 3.96. The first kappa shape index (κ1) is 19.6. The van der Waals surface area contributed by atoms with Crippen molar-refractivity contribution < 1.29 is 18.7 Å². The van der Waals surface area contributed by atoms with Crippen LogP contribution in [0.2, 0.25) is 0 Å². The maximum atomic E-state index is 13.9. The summed E-state index contributed by atoms with van der Waals surface area (Å²) in [5, 5.41) is 12.0. The van der Waals surface area contributed by atoms with Gasteiger partial charge in [0, 0.05) is 0 Å². The molecule has 0 aromatic heterocycles. The normalized spacial score (nSPS) is 10.7. The number of benzene rings is 3. The zero-order valence-electron chi connectivity index (χ0n) is 15.6. The highest BCUT2D eigenvalue weighted by Crippen LogP contribution is 2.29. The Balaban J connectivity index is 1.82. The van der Waals surface area contributed by atoms with E-state index >= 15 is 0 Å². The number of carbonyl (C=O) groups is 1. The molecule has 0 bridgehead atoms. The third-order valence-electron chi connectivity index (χ3n) is 3.96. The molecule has 0 aliphatic heterocycles. The summed E-state index contributed by atoms with van der Waals surface area (Å²) in [5.74, 6) is -0.0933. The van der Waals surface area contributed by atoms with Crippen LogP contribution in [0.3, 0.4) is 0 Å². The van der Waals surface area contributed by atoms with E-state index in [-0.39, 0.29) is 11.3 Å². The lowest BCUT2D eigenvalue weighted by Gasteiger charge is -2.12. The molecule has 0 saturated heterocycles. The van der Waals surface area contributed by atoms with Gasteiger partial charge in [0.2, 0.25) is 0 Å². The smallest absolute Gasteiger partial charge is 0.266 e.